The Kier molecular flexibility index (Phi) is 5.69. The Bertz CT molecular complexity index is 1120. The van der Waals surface area contributed by atoms with E-state index in [0.717, 1.165) is 22.4 Å². The van der Waals surface area contributed by atoms with Crippen molar-refractivity contribution in [3.8, 4) is 11.1 Å². The van der Waals surface area contributed by atoms with E-state index in [1.807, 2.05) is 31.2 Å². The second-order valence-electron chi connectivity index (χ2n) is 7.68. The highest BCUT2D eigenvalue weighted by atomic mass is 16.5. The summed E-state index contributed by atoms with van der Waals surface area (Å²) in [5, 5.41) is 3.13. The molecule has 3 aromatic rings. The first-order valence-corrected chi connectivity index (χ1v) is 9.99. The minimum atomic E-state index is -0.200. The molecule has 1 unspecified atom stereocenters. The fourth-order valence-electron chi connectivity index (χ4n) is 3.97. The molecular formula is C22H26N4O4. The standard InChI is InChI=1S/C22H26N4O4/c1-14-4-6-15(7-5-14)21-18(13-30-3)24-26-20(28)11-17(23-22(21)26)16-10-19(27)25(12-16)8-9-29-2/h4-7,11,16,24H,8-10,12-13H2,1-3H3. The Balaban J connectivity index is 1.79. The van der Waals surface area contributed by atoms with Crippen LogP contribution in [0.3, 0.4) is 0 Å². The van der Waals surface area contributed by atoms with Crippen molar-refractivity contribution >= 4 is 11.6 Å². The number of carbonyl (C=O) groups is 1. The smallest absolute Gasteiger partial charge is 0.272 e. The van der Waals surface area contributed by atoms with Crippen LogP contribution in [0.25, 0.3) is 16.8 Å². The monoisotopic (exact) mass is 410 g/mol. The van der Waals surface area contributed by atoms with Gasteiger partial charge in [-0.3, -0.25) is 14.7 Å². The second-order valence-corrected chi connectivity index (χ2v) is 7.68. The van der Waals surface area contributed by atoms with Gasteiger partial charge in [-0.25, -0.2) is 9.50 Å². The summed E-state index contributed by atoms with van der Waals surface area (Å²) in [6, 6.07) is 9.61. The number of aromatic nitrogens is 3. The Morgan fingerprint density at radius 3 is 2.63 bits per heavy atom. The van der Waals surface area contributed by atoms with Crippen molar-refractivity contribution in [1.82, 2.24) is 19.5 Å². The summed E-state index contributed by atoms with van der Waals surface area (Å²) in [6.07, 6.45) is 0.349. The number of fused-ring (bicyclic) bond motifs is 1. The van der Waals surface area contributed by atoms with E-state index in [1.165, 1.54) is 10.6 Å². The number of amides is 1. The molecule has 0 radical (unpaired) electrons. The third kappa shape index (κ3) is 3.76. The summed E-state index contributed by atoms with van der Waals surface area (Å²) >= 11 is 0. The van der Waals surface area contributed by atoms with Crippen molar-refractivity contribution in [1.29, 1.82) is 0 Å². The van der Waals surface area contributed by atoms with Gasteiger partial charge in [-0.15, -0.1) is 0 Å². The van der Waals surface area contributed by atoms with Crippen molar-refractivity contribution in [3.63, 3.8) is 0 Å². The molecule has 1 aliphatic heterocycles. The lowest BCUT2D eigenvalue weighted by Gasteiger charge is -2.15. The summed E-state index contributed by atoms with van der Waals surface area (Å²) in [5.74, 6) is -0.0503. The van der Waals surface area contributed by atoms with E-state index in [9.17, 15) is 9.59 Å². The second kappa shape index (κ2) is 8.41. The molecule has 8 nitrogen and oxygen atoms in total. The number of hydrogen-bond donors (Lipinski definition) is 1. The minimum Gasteiger partial charge on any atom is -0.383 e. The van der Waals surface area contributed by atoms with Gasteiger partial charge < -0.3 is 14.4 Å². The quantitative estimate of drug-likeness (QED) is 0.644. The molecule has 1 fully saturated rings. The molecule has 1 aliphatic rings. The Morgan fingerprint density at radius 2 is 1.93 bits per heavy atom. The minimum absolute atomic E-state index is 0.0620. The molecule has 0 bridgehead atoms. The first kappa shape index (κ1) is 20.3. The Hall–Kier alpha value is -2.97. The lowest BCUT2D eigenvalue weighted by Crippen LogP contribution is -2.28. The summed E-state index contributed by atoms with van der Waals surface area (Å²) in [4.78, 5) is 31.8. The molecule has 0 aliphatic carbocycles. The highest BCUT2D eigenvalue weighted by Crippen LogP contribution is 2.31. The van der Waals surface area contributed by atoms with E-state index in [1.54, 1.807) is 19.1 Å². The number of rotatable bonds is 7. The number of ether oxygens (including phenoxy) is 2. The van der Waals surface area contributed by atoms with Crippen LogP contribution in [0.1, 0.15) is 29.3 Å². The van der Waals surface area contributed by atoms with Crippen LogP contribution in [-0.2, 0) is 20.9 Å². The van der Waals surface area contributed by atoms with Gasteiger partial charge in [0.15, 0.2) is 5.65 Å². The largest absolute Gasteiger partial charge is 0.383 e. The van der Waals surface area contributed by atoms with Gasteiger partial charge in [-0.1, -0.05) is 29.8 Å². The van der Waals surface area contributed by atoms with E-state index in [2.05, 4.69) is 5.10 Å². The summed E-state index contributed by atoms with van der Waals surface area (Å²) < 4.78 is 11.9. The molecule has 1 amide bonds. The molecule has 2 aromatic heterocycles. The Labute approximate surface area is 174 Å². The van der Waals surface area contributed by atoms with Gasteiger partial charge in [0.1, 0.15) is 0 Å². The number of hydrogen-bond acceptors (Lipinski definition) is 5. The first-order valence-electron chi connectivity index (χ1n) is 9.99. The van der Waals surface area contributed by atoms with Gasteiger partial charge in [-0.2, -0.15) is 0 Å². The van der Waals surface area contributed by atoms with Gasteiger partial charge in [0.05, 0.1) is 24.6 Å². The molecule has 1 atom stereocenters. The van der Waals surface area contributed by atoms with Crippen LogP contribution < -0.4 is 5.56 Å². The average molecular weight is 410 g/mol. The number of methoxy groups -OCH3 is 2. The van der Waals surface area contributed by atoms with Crippen LogP contribution in [0.2, 0.25) is 0 Å². The number of nitrogens with one attached hydrogen (secondary N) is 1. The van der Waals surface area contributed by atoms with E-state index in [-0.39, 0.29) is 17.4 Å². The number of H-pyrrole nitrogens is 1. The van der Waals surface area contributed by atoms with Crippen LogP contribution in [0.5, 0.6) is 0 Å². The maximum atomic E-state index is 12.9. The molecule has 8 heteroatoms. The molecule has 30 heavy (non-hydrogen) atoms. The lowest BCUT2D eigenvalue weighted by molar-refractivity contribution is -0.128. The van der Waals surface area contributed by atoms with E-state index in [4.69, 9.17) is 14.5 Å². The molecule has 0 saturated carbocycles. The van der Waals surface area contributed by atoms with Crippen LogP contribution in [0, 0.1) is 6.92 Å². The number of benzene rings is 1. The van der Waals surface area contributed by atoms with Crippen LogP contribution in [0.15, 0.2) is 35.1 Å². The zero-order valence-corrected chi connectivity index (χ0v) is 17.5. The topological polar surface area (TPSA) is 88.9 Å². The number of nitrogens with zero attached hydrogens (tertiary/aromatic N) is 3. The highest BCUT2D eigenvalue weighted by molar-refractivity contribution is 5.81. The maximum absolute atomic E-state index is 12.9. The normalized spacial score (nSPS) is 16.7. The summed E-state index contributed by atoms with van der Waals surface area (Å²) in [5.41, 5.74) is 4.73. The zero-order chi connectivity index (χ0) is 21.3. The molecule has 1 aromatic carbocycles. The molecule has 4 rings (SSSR count). The number of aryl methyl sites for hydroxylation is 1. The predicted molar refractivity (Wildman–Crippen MR) is 113 cm³/mol. The van der Waals surface area contributed by atoms with Crippen molar-refractivity contribution < 1.29 is 14.3 Å². The van der Waals surface area contributed by atoms with Gasteiger partial charge in [0.25, 0.3) is 5.56 Å². The number of likely N-dealkylation sites (tertiary alicyclic amines) is 1. The van der Waals surface area contributed by atoms with Crippen molar-refractivity contribution in [2.75, 3.05) is 33.9 Å². The zero-order valence-electron chi connectivity index (χ0n) is 17.5. The van der Waals surface area contributed by atoms with Gasteiger partial charge >= 0.3 is 0 Å². The molecule has 3 heterocycles. The molecule has 1 saturated heterocycles. The first-order chi connectivity index (χ1) is 14.5. The van der Waals surface area contributed by atoms with E-state index in [0.29, 0.717) is 44.1 Å². The molecule has 1 N–H and O–H groups in total. The fourth-order valence-corrected chi connectivity index (χ4v) is 3.97. The molecule has 0 spiro atoms. The summed E-state index contributed by atoms with van der Waals surface area (Å²) in [6.45, 7) is 3.93. The van der Waals surface area contributed by atoms with Gasteiger partial charge in [-0.05, 0) is 12.5 Å². The van der Waals surface area contributed by atoms with Crippen LogP contribution in [0.4, 0.5) is 0 Å². The average Bonchev–Trinajstić information content (AvgIpc) is 3.28. The van der Waals surface area contributed by atoms with Crippen LogP contribution >= 0.6 is 0 Å². The van der Waals surface area contributed by atoms with Crippen molar-refractivity contribution in [3.05, 3.63) is 57.6 Å². The summed E-state index contributed by atoms with van der Waals surface area (Å²) in [7, 11) is 3.23. The Morgan fingerprint density at radius 1 is 1.17 bits per heavy atom. The van der Waals surface area contributed by atoms with Crippen LogP contribution in [-0.4, -0.2) is 59.3 Å². The number of aromatic amines is 1. The van der Waals surface area contributed by atoms with E-state index < -0.39 is 0 Å². The van der Waals surface area contributed by atoms with Gasteiger partial charge in [0.2, 0.25) is 5.91 Å². The van der Waals surface area contributed by atoms with Crippen molar-refractivity contribution in [2.24, 2.45) is 0 Å². The number of carbonyl (C=O) groups excluding carboxylic acids is 1. The SMILES string of the molecule is COCCN1CC(c2cc(=O)n3[nH]c(COC)c(-c4ccc(C)cc4)c3n2)CC1=O. The maximum Gasteiger partial charge on any atom is 0.272 e. The molecular weight excluding hydrogens is 384 g/mol. The fraction of sp³-hybridized carbons (Fsp3) is 0.409. The lowest BCUT2D eigenvalue weighted by atomic mass is 10.0. The molecule has 158 valence electrons. The predicted octanol–water partition coefficient (Wildman–Crippen LogP) is 2.11. The third-order valence-electron chi connectivity index (χ3n) is 5.54. The van der Waals surface area contributed by atoms with E-state index >= 15 is 0 Å². The third-order valence-corrected chi connectivity index (χ3v) is 5.54. The van der Waals surface area contributed by atoms with Crippen molar-refractivity contribution in [2.45, 2.75) is 25.9 Å². The highest BCUT2D eigenvalue weighted by Gasteiger charge is 2.32. The van der Waals surface area contributed by atoms with Gasteiger partial charge in [0, 0.05) is 51.3 Å².